The summed E-state index contributed by atoms with van der Waals surface area (Å²) in [5.74, 6) is 1.86. The van der Waals surface area contributed by atoms with Crippen LogP contribution >= 0.6 is 11.8 Å². The van der Waals surface area contributed by atoms with E-state index in [1.807, 2.05) is 0 Å². The van der Waals surface area contributed by atoms with Gasteiger partial charge >= 0.3 is 0 Å². The molecule has 0 radical (unpaired) electrons. The Hall–Kier alpha value is -2.00. The first-order chi connectivity index (χ1) is 14.3. The van der Waals surface area contributed by atoms with Crippen LogP contribution < -0.4 is 4.90 Å². The molecule has 2 atom stereocenters. The van der Waals surface area contributed by atoms with Crippen molar-refractivity contribution in [1.82, 2.24) is 0 Å². The maximum atomic E-state index is 5.24. The average Bonchev–Trinajstić information content (AvgIpc) is 2.77. The monoisotopic (exact) mass is 402 g/mol. The van der Waals surface area contributed by atoms with E-state index in [1.165, 1.54) is 59.6 Å². The number of anilines is 1. The number of rotatable bonds is 4. The number of amidine groups is 1. The van der Waals surface area contributed by atoms with Crippen molar-refractivity contribution in [2.24, 2.45) is 10.9 Å². The van der Waals surface area contributed by atoms with Crippen molar-refractivity contribution in [3.63, 3.8) is 0 Å². The Morgan fingerprint density at radius 2 is 1.72 bits per heavy atom. The third kappa shape index (κ3) is 3.90. The normalized spacial score (nSPS) is 25.7. The van der Waals surface area contributed by atoms with E-state index in [9.17, 15) is 0 Å². The molecule has 0 aromatic heterocycles. The highest BCUT2D eigenvalue weighted by Gasteiger charge is 2.40. The molecular weight excluding hydrogens is 372 g/mol. The molecule has 1 aliphatic heterocycles. The Labute approximate surface area is 179 Å². The summed E-state index contributed by atoms with van der Waals surface area (Å²) in [5.41, 5.74) is 4.17. The molecule has 3 aliphatic rings. The van der Waals surface area contributed by atoms with Gasteiger partial charge in [-0.3, -0.25) is 4.99 Å². The standard InChI is InChI=1S/C26H30N2S/c1-29-24-15-13-23(14-16-24)28-25(18-26(28)27-22-9-3-2-4-10-22)21-12-11-19-7-5-6-8-20(19)17-21/h5-8,11-16,21-22,25H,2-4,9-10,17-18H2,1H3. The van der Waals surface area contributed by atoms with Crippen molar-refractivity contribution in [2.45, 2.75) is 61.9 Å². The van der Waals surface area contributed by atoms with Gasteiger partial charge in [0.2, 0.25) is 0 Å². The van der Waals surface area contributed by atoms with E-state index in [-0.39, 0.29) is 0 Å². The summed E-state index contributed by atoms with van der Waals surface area (Å²) in [4.78, 5) is 9.11. The van der Waals surface area contributed by atoms with E-state index in [4.69, 9.17) is 4.99 Å². The summed E-state index contributed by atoms with van der Waals surface area (Å²) in [6.07, 6.45) is 15.8. The number of hydrogen-bond donors (Lipinski definition) is 0. The molecule has 3 heteroatoms. The van der Waals surface area contributed by atoms with Crippen LogP contribution in [0.5, 0.6) is 0 Å². The first-order valence-electron chi connectivity index (χ1n) is 11.1. The highest BCUT2D eigenvalue weighted by molar-refractivity contribution is 7.98. The fourth-order valence-corrected chi connectivity index (χ4v) is 5.52. The number of fused-ring (bicyclic) bond motifs is 1. The lowest BCUT2D eigenvalue weighted by molar-refractivity contribution is 0.426. The summed E-state index contributed by atoms with van der Waals surface area (Å²) in [7, 11) is 0. The van der Waals surface area contributed by atoms with Gasteiger partial charge in [0.05, 0.1) is 6.04 Å². The smallest absolute Gasteiger partial charge is 0.106 e. The van der Waals surface area contributed by atoms with E-state index in [0.29, 0.717) is 18.0 Å². The second-order valence-corrected chi connectivity index (χ2v) is 9.48. The van der Waals surface area contributed by atoms with Crippen LogP contribution in [0.4, 0.5) is 5.69 Å². The van der Waals surface area contributed by atoms with E-state index >= 15 is 0 Å². The van der Waals surface area contributed by atoms with Crippen LogP contribution in [0.1, 0.15) is 49.7 Å². The molecule has 5 rings (SSSR count). The molecule has 0 N–H and O–H groups in total. The van der Waals surface area contributed by atoms with Crippen LogP contribution in [0.25, 0.3) is 6.08 Å². The third-order valence-corrected chi connectivity index (χ3v) is 7.53. The highest BCUT2D eigenvalue weighted by Crippen LogP contribution is 2.39. The van der Waals surface area contributed by atoms with Gasteiger partial charge in [0.15, 0.2) is 0 Å². The summed E-state index contributed by atoms with van der Waals surface area (Å²) in [5, 5.41) is 0. The average molecular weight is 403 g/mol. The largest absolute Gasteiger partial charge is 0.326 e. The quantitative estimate of drug-likeness (QED) is 0.535. The fraction of sp³-hybridized carbons (Fsp3) is 0.423. The van der Waals surface area contributed by atoms with E-state index in [2.05, 4.69) is 71.8 Å². The molecule has 2 nitrogen and oxygen atoms in total. The fourth-order valence-electron chi connectivity index (χ4n) is 5.11. The summed E-state index contributed by atoms with van der Waals surface area (Å²) < 4.78 is 0. The van der Waals surface area contributed by atoms with Crippen LogP contribution in [0.2, 0.25) is 0 Å². The van der Waals surface area contributed by atoms with E-state index in [0.717, 1.165) is 12.8 Å². The van der Waals surface area contributed by atoms with Crippen LogP contribution in [-0.4, -0.2) is 24.2 Å². The van der Waals surface area contributed by atoms with Crippen molar-refractivity contribution in [1.29, 1.82) is 0 Å². The Kier molecular flexibility index (Phi) is 5.50. The van der Waals surface area contributed by atoms with Gasteiger partial charge < -0.3 is 4.90 Å². The summed E-state index contributed by atoms with van der Waals surface area (Å²) in [6.45, 7) is 0. The molecule has 29 heavy (non-hydrogen) atoms. The highest BCUT2D eigenvalue weighted by atomic mass is 32.2. The lowest BCUT2D eigenvalue weighted by atomic mass is 9.79. The van der Waals surface area contributed by atoms with E-state index < -0.39 is 0 Å². The zero-order valence-corrected chi connectivity index (χ0v) is 18.1. The van der Waals surface area contributed by atoms with Crippen molar-refractivity contribution in [2.75, 3.05) is 11.2 Å². The maximum absolute atomic E-state index is 5.24. The van der Waals surface area contributed by atoms with Gasteiger partial charge in [-0.25, -0.2) is 0 Å². The Balaban J connectivity index is 1.41. The Morgan fingerprint density at radius 1 is 0.931 bits per heavy atom. The van der Waals surface area contributed by atoms with E-state index in [1.54, 1.807) is 11.8 Å². The van der Waals surface area contributed by atoms with Crippen LogP contribution in [0, 0.1) is 5.92 Å². The minimum atomic E-state index is 0.516. The van der Waals surface area contributed by atoms with Crippen molar-refractivity contribution in [3.8, 4) is 0 Å². The number of benzene rings is 2. The summed E-state index contributed by atoms with van der Waals surface area (Å²) in [6, 6.07) is 19.0. The topological polar surface area (TPSA) is 15.6 Å². The maximum Gasteiger partial charge on any atom is 0.106 e. The lowest BCUT2D eigenvalue weighted by Gasteiger charge is -2.48. The minimum absolute atomic E-state index is 0.516. The van der Waals surface area contributed by atoms with Gasteiger partial charge in [-0.1, -0.05) is 55.7 Å². The molecule has 2 aromatic rings. The number of thioether (sulfide) groups is 1. The molecule has 2 aromatic carbocycles. The predicted molar refractivity (Wildman–Crippen MR) is 126 cm³/mol. The zero-order valence-electron chi connectivity index (χ0n) is 17.3. The summed E-state index contributed by atoms with van der Waals surface area (Å²) >= 11 is 1.81. The molecule has 1 saturated carbocycles. The molecule has 1 saturated heterocycles. The Morgan fingerprint density at radius 3 is 2.52 bits per heavy atom. The molecule has 2 unspecified atom stereocenters. The minimum Gasteiger partial charge on any atom is -0.326 e. The van der Waals surface area contributed by atoms with Gasteiger partial charge in [-0.2, -0.15) is 0 Å². The van der Waals surface area contributed by atoms with Crippen molar-refractivity contribution < 1.29 is 0 Å². The molecule has 2 fully saturated rings. The first-order valence-corrected chi connectivity index (χ1v) is 12.3. The zero-order chi connectivity index (χ0) is 19.6. The number of nitrogens with zero attached hydrogens (tertiary/aromatic N) is 2. The Bertz CT molecular complexity index is 909. The predicted octanol–water partition coefficient (Wildman–Crippen LogP) is 6.60. The second kappa shape index (κ2) is 8.39. The van der Waals surface area contributed by atoms with Gasteiger partial charge in [0.1, 0.15) is 5.84 Å². The van der Waals surface area contributed by atoms with Gasteiger partial charge in [0, 0.05) is 29.0 Å². The molecule has 150 valence electrons. The van der Waals surface area contributed by atoms with Crippen LogP contribution in [0.15, 0.2) is 64.5 Å². The van der Waals surface area contributed by atoms with Crippen LogP contribution in [0.3, 0.4) is 0 Å². The second-order valence-electron chi connectivity index (χ2n) is 8.60. The lowest BCUT2D eigenvalue weighted by Crippen LogP contribution is -2.57. The molecular formula is C26H30N2S. The molecule has 0 bridgehead atoms. The van der Waals surface area contributed by atoms with Gasteiger partial charge in [0.25, 0.3) is 0 Å². The molecule has 2 aliphatic carbocycles. The number of hydrogen-bond acceptors (Lipinski definition) is 2. The number of aliphatic imine (C=N–C) groups is 1. The first kappa shape index (κ1) is 19.0. The van der Waals surface area contributed by atoms with Crippen molar-refractivity contribution in [3.05, 3.63) is 65.7 Å². The molecule has 1 heterocycles. The van der Waals surface area contributed by atoms with Crippen LogP contribution in [-0.2, 0) is 6.42 Å². The van der Waals surface area contributed by atoms with Gasteiger partial charge in [-0.15, -0.1) is 11.8 Å². The SMILES string of the molecule is CSc1ccc(N2C(=NC3CCCCC3)CC2C2C=Cc3ccccc3C2)cc1. The molecule has 0 spiro atoms. The van der Waals surface area contributed by atoms with Crippen molar-refractivity contribution >= 4 is 29.4 Å². The third-order valence-electron chi connectivity index (χ3n) is 6.79. The van der Waals surface area contributed by atoms with Gasteiger partial charge in [-0.05, 0) is 60.9 Å². The molecule has 0 amide bonds.